The smallest absolute Gasteiger partial charge is 0.314 e. The maximum atomic E-state index is 12.1. The van der Waals surface area contributed by atoms with Crippen molar-refractivity contribution in [3.05, 3.63) is 48.0 Å². The number of carbonyl (C=O) groups is 2. The summed E-state index contributed by atoms with van der Waals surface area (Å²) in [6, 6.07) is 12.1. The summed E-state index contributed by atoms with van der Waals surface area (Å²) in [5.41, 5.74) is 1.90. The molecule has 2 aromatic carbocycles. The van der Waals surface area contributed by atoms with Crippen LogP contribution in [0.3, 0.4) is 0 Å². The van der Waals surface area contributed by atoms with Gasteiger partial charge in [0.05, 0.1) is 19.4 Å². The van der Waals surface area contributed by atoms with Crippen LogP contribution in [0.25, 0.3) is 0 Å². The number of amides is 2. The average Bonchev–Trinajstić information content (AvgIpc) is 2.57. The zero-order valence-corrected chi connectivity index (χ0v) is 13.9. The van der Waals surface area contributed by atoms with Gasteiger partial charge in [-0.3, -0.25) is 9.59 Å². The molecule has 0 aromatic heterocycles. The summed E-state index contributed by atoms with van der Waals surface area (Å²) in [5, 5.41) is 5.09. The molecule has 2 aromatic rings. The molecule has 0 saturated heterocycles. The van der Waals surface area contributed by atoms with Crippen LogP contribution in [-0.2, 0) is 9.59 Å². The third-order valence-electron chi connectivity index (χ3n) is 3.23. The molecule has 0 heterocycles. The molecule has 0 spiro atoms. The van der Waals surface area contributed by atoms with Gasteiger partial charge < -0.3 is 20.1 Å². The van der Waals surface area contributed by atoms with Crippen molar-refractivity contribution in [2.24, 2.45) is 0 Å². The van der Waals surface area contributed by atoms with Crippen LogP contribution in [0.2, 0.25) is 0 Å². The van der Waals surface area contributed by atoms with Crippen LogP contribution >= 0.6 is 0 Å². The molecule has 2 rings (SSSR count). The minimum absolute atomic E-state index is 0.448. The number of benzene rings is 2. The lowest BCUT2D eigenvalue weighted by molar-refractivity contribution is -0.133. The van der Waals surface area contributed by atoms with Crippen LogP contribution in [0.15, 0.2) is 42.5 Å². The van der Waals surface area contributed by atoms with Gasteiger partial charge in [0.1, 0.15) is 11.5 Å². The Morgan fingerprint density at radius 2 is 1.67 bits per heavy atom. The normalized spacial score (nSPS) is 9.96. The molecule has 0 atom stereocenters. The zero-order valence-electron chi connectivity index (χ0n) is 13.9. The van der Waals surface area contributed by atoms with Crippen molar-refractivity contribution >= 4 is 23.2 Å². The van der Waals surface area contributed by atoms with Gasteiger partial charge in [0, 0.05) is 5.69 Å². The monoisotopic (exact) mass is 328 g/mol. The number of ether oxygens (including phenoxy) is 2. The summed E-state index contributed by atoms with van der Waals surface area (Å²) < 4.78 is 10.5. The summed E-state index contributed by atoms with van der Waals surface area (Å²) in [7, 11) is 1.50. The Morgan fingerprint density at radius 3 is 2.29 bits per heavy atom. The highest BCUT2D eigenvalue weighted by Gasteiger charge is 2.16. The molecule has 2 amide bonds. The summed E-state index contributed by atoms with van der Waals surface area (Å²) in [6.45, 7) is 4.33. The van der Waals surface area contributed by atoms with Crippen molar-refractivity contribution in [1.29, 1.82) is 0 Å². The molecule has 2 N–H and O–H groups in total. The first-order chi connectivity index (χ1) is 11.5. The second-order valence-corrected chi connectivity index (χ2v) is 5.07. The van der Waals surface area contributed by atoms with E-state index < -0.39 is 11.8 Å². The Morgan fingerprint density at radius 1 is 1.00 bits per heavy atom. The first-order valence-electron chi connectivity index (χ1n) is 7.53. The Labute approximate surface area is 140 Å². The van der Waals surface area contributed by atoms with Gasteiger partial charge in [-0.1, -0.05) is 6.07 Å². The van der Waals surface area contributed by atoms with E-state index in [4.69, 9.17) is 9.47 Å². The van der Waals surface area contributed by atoms with E-state index in [9.17, 15) is 9.59 Å². The number of aryl methyl sites for hydroxylation is 1. The zero-order chi connectivity index (χ0) is 17.5. The number of methoxy groups -OCH3 is 1. The summed E-state index contributed by atoms with van der Waals surface area (Å²) in [5.74, 6) is -0.345. The van der Waals surface area contributed by atoms with E-state index in [1.165, 1.54) is 7.11 Å². The van der Waals surface area contributed by atoms with E-state index in [0.29, 0.717) is 29.5 Å². The minimum atomic E-state index is -0.771. The number of nitrogens with one attached hydrogen (secondary N) is 2. The topological polar surface area (TPSA) is 76.7 Å². The first kappa shape index (κ1) is 17.3. The number of hydrogen-bond donors (Lipinski definition) is 2. The highest BCUT2D eigenvalue weighted by molar-refractivity contribution is 6.43. The van der Waals surface area contributed by atoms with Gasteiger partial charge in [0.2, 0.25) is 0 Å². The number of anilines is 2. The standard InChI is InChI=1S/C18H20N2O4/c1-4-24-14-8-6-13(7-9-14)19-17(21)18(22)20-15-11-12(2)5-10-16(15)23-3/h5-11H,4H2,1-3H3,(H,19,21)(H,20,22). The molecule has 0 radical (unpaired) electrons. The third kappa shape index (κ3) is 4.49. The maximum absolute atomic E-state index is 12.1. The SMILES string of the molecule is CCOc1ccc(NC(=O)C(=O)Nc2cc(C)ccc2OC)cc1. The molecule has 0 unspecified atom stereocenters. The fourth-order valence-electron chi connectivity index (χ4n) is 2.09. The molecular weight excluding hydrogens is 308 g/mol. The van der Waals surface area contributed by atoms with E-state index in [1.54, 1.807) is 36.4 Å². The summed E-state index contributed by atoms with van der Waals surface area (Å²) in [6.07, 6.45) is 0. The second-order valence-electron chi connectivity index (χ2n) is 5.07. The molecule has 0 bridgehead atoms. The fraction of sp³-hybridized carbons (Fsp3) is 0.222. The van der Waals surface area contributed by atoms with Crippen molar-refractivity contribution in [3.63, 3.8) is 0 Å². The van der Waals surface area contributed by atoms with Crippen LogP contribution < -0.4 is 20.1 Å². The summed E-state index contributed by atoms with van der Waals surface area (Å²) in [4.78, 5) is 24.1. The van der Waals surface area contributed by atoms with Gasteiger partial charge in [-0.05, 0) is 55.8 Å². The van der Waals surface area contributed by atoms with Gasteiger partial charge in [0.15, 0.2) is 0 Å². The minimum Gasteiger partial charge on any atom is -0.495 e. The second kappa shape index (κ2) is 8.01. The van der Waals surface area contributed by atoms with E-state index in [1.807, 2.05) is 19.9 Å². The lowest BCUT2D eigenvalue weighted by atomic mass is 10.2. The number of rotatable bonds is 5. The predicted molar refractivity (Wildman–Crippen MR) is 92.6 cm³/mol. The van der Waals surface area contributed by atoms with Crippen LogP contribution in [0.1, 0.15) is 12.5 Å². The molecule has 0 aliphatic rings. The highest BCUT2D eigenvalue weighted by Crippen LogP contribution is 2.25. The van der Waals surface area contributed by atoms with Crippen LogP contribution in [0.5, 0.6) is 11.5 Å². The molecule has 0 aliphatic heterocycles. The fourth-order valence-corrected chi connectivity index (χ4v) is 2.09. The van der Waals surface area contributed by atoms with Crippen molar-refractivity contribution < 1.29 is 19.1 Å². The molecule has 0 fully saturated rings. The lowest BCUT2D eigenvalue weighted by Crippen LogP contribution is -2.29. The van der Waals surface area contributed by atoms with Crippen LogP contribution in [0, 0.1) is 6.92 Å². The maximum Gasteiger partial charge on any atom is 0.314 e. The van der Waals surface area contributed by atoms with Gasteiger partial charge in [-0.25, -0.2) is 0 Å². The Balaban J connectivity index is 2.02. The first-order valence-corrected chi connectivity index (χ1v) is 7.53. The molecular formula is C18H20N2O4. The van der Waals surface area contributed by atoms with E-state index in [-0.39, 0.29) is 0 Å². The Kier molecular flexibility index (Phi) is 5.78. The molecule has 6 nitrogen and oxygen atoms in total. The molecule has 126 valence electrons. The van der Waals surface area contributed by atoms with E-state index >= 15 is 0 Å². The van der Waals surface area contributed by atoms with Crippen molar-refractivity contribution in [3.8, 4) is 11.5 Å². The average molecular weight is 328 g/mol. The van der Waals surface area contributed by atoms with Gasteiger partial charge in [-0.15, -0.1) is 0 Å². The van der Waals surface area contributed by atoms with E-state index in [2.05, 4.69) is 10.6 Å². The van der Waals surface area contributed by atoms with Crippen molar-refractivity contribution in [2.75, 3.05) is 24.4 Å². The Bertz CT molecular complexity index is 726. The van der Waals surface area contributed by atoms with E-state index in [0.717, 1.165) is 5.56 Å². The van der Waals surface area contributed by atoms with Gasteiger partial charge in [-0.2, -0.15) is 0 Å². The van der Waals surface area contributed by atoms with Crippen LogP contribution in [0.4, 0.5) is 11.4 Å². The van der Waals surface area contributed by atoms with Crippen LogP contribution in [-0.4, -0.2) is 25.5 Å². The molecule has 0 saturated carbocycles. The molecule has 0 aliphatic carbocycles. The largest absolute Gasteiger partial charge is 0.495 e. The molecule has 24 heavy (non-hydrogen) atoms. The highest BCUT2D eigenvalue weighted by atomic mass is 16.5. The Hall–Kier alpha value is -3.02. The number of hydrogen-bond acceptors (Lipinski definition) is 4. The lowest BCUT2D eigenvalue weighted by Gasteiger charge is -2.11. The van der Waals surface area contributed by atoms with Gasteiger partial charge in [0.25, 0.3) is 0 Å². The number of carbonyl (C=O) groups excluding carboxylic acids is 2. The van der Waals surface area contributed by atoms with Crippen molar-refractivity contribution in [1.82, 2.24) is 0 Å². The molecule has 6 heteroatoms. The quantitative estimate of drug-likeness (QED) is 0.827. The third-order valence-corrected chi connectivity index (χ3v) is 3.23. The summed E-state index contributed by atoms with van der Waals surface area (Å²) >= 11 is 0. The van der Waals surface area contributed by atoms with Crippen molar-refractivity contribution in [2.45, 2.75) is 13.8 Å². The predicted octanol–water partition coefficient (Wildman–Crippen LogP) is 2.98. The van der Waals surface area contributed by atoms with Gasteiger partial charge >= 0.3 is 11.8 Å².